The first-order valence-electron chi connectivity index (χ1n) is 5.31. The summed E-state index contributed by atoms with van der Waals surface area (Å²) in [4.78, 5) is 4.32. The summed E-state index contributed by atoms with van der Waals surface area (Å²) in [6.45, 7) is 0. The maximum absolute atomic E-state index is 6.01. The second-order valence-corrected chi connectivity index (χ2v) is 4.19. The molecule has 0 bridgehead atoms. The van der Waals surface area contributed by atoms with Gasteiger partial charge in [-0.05, 0) is 12.8 Å². The summed E-state index contributed by atoms with van der Waals surface area (Å²) in [5, 5.41) is 8.00. The van der Waals surface area contributed by atoms with Crippen LogP contribution in [0.25, 0.3) is 0 Å². The van der Waals surface area contributed by atoms with Crippen LogP contribution < -0.4 is 5.73 Å². The lowest BCUT2D eigenvalue weighted by atomic mass is 10.2. The Morgan fingerprint density at radius 1 is 1.56 bits per heavy atom. The SMILES string of the molecule is Cn1cc(C(N)c2nc(C3CC3)no2)cn1. The van der Waals surface area contributed by atoms with Crippen LogP contribution in [0.3, 0.4) is 0 Å². The molecule has 1 saturated carbocycles. The standard InChI is InChI=1S/C10H13N5O/c1-15-5-7(4-12-15)8(11)10-13-9(14-16-10)6-2-3-6/h4-6,8H,2-3,11H2,1H3. The molecule has 1 fully saturated rings. The molecule has 0 spiro atoms. The Bertz CT molecular complexity index is 499. The van der Waals surface area contributed by atoms with Gasteiger partial charge in [0, 0.05) is 24.7 Å². The molecule has 0 aliphatic heterocycles. The van der Waals surface area contributed by atoms with Crippen LogP contribution in [0.5, 0.6) is 0 Å². The van der Waals surface area contributed by atoms with Crippen LogP contribution in [-0.4, -0.2) is 19.9 Å². The van der Waals surface area contributed by atoms with Gasteiger partial charge in [0.25, 0.3) is 0 Å². The van der Waals surface area contributed by atoms with Gasteiger partial charge in [-0.25, -0.2) is 0 Å². The van der Waals surface area contributed by atoms with Crippen molar-refractivity contribution in [1.82, 2.24) is 19.9 Å². The lowest BCUT2D eigenvalue weighted by Crippen LogP contribution is -2.11. The van der Waals surface area contributed by atoms with E-state index in [9.17, 15) is 0 Å². The molecule has 2 heterocycles. The number of rotatable bonds is 3. The Labute approximate surface area is 92.4 Å². The van der Waals surface area contributed by atoms with Crippen molar-refractivity contribution in [2.24, 2.45) is 12.8 Å². The zero-order valence-electron chi connectivity index (χ0n) is 9.00. The fraction of sp³-hybridized carbons (Fsp3) is 0.500. The first-order chi connectivity index (χ1) is 7.74. The van der Waals surface area contributed by atoms with E-state index in [2.05, 4.69) is 15.2 Å². The van der Waals surface area contributed by atoms with Gasteiger partial charge in [-0.1, -0.05) is 5.16 Å². The fourth-order valence-corrected chi connectivity index (χ4v) is 1.62. The molecule has 2 aromatic heterocycles. The van der Waals surface area contributed by atoms with Gasteiger partial charge in [0.15, 0.2) is 5.82 Å². The second-order valence-electron chi connectivity index (χ2n) is 4.19. The molecule has 0 amide bonds. The highest BCUT2D eigenvalue weighted by Gasteiger charge is 2.30. The van der Waals surface area contributed by atoms with E-state index in [1.165, 1.54) is 0 Å². The molecular weight excluding hydrogens is 206 g/mol. The van der Waals surface area contributed by atoms with Crippen LogP contribution in [0.15, 0.2) is 16.9 Å². The minimum Gasteiger partial charge on any atom is -0.337 e. The largest absolute Gasteiger partial charge is 0.337 e. The Morgan fingerprint density at radius 2 is 2.38 bits per heavy atom. The molecule has 6 heteroatoms. The van der Waals surface area contributed by atoms with Gasteiger partial charge >= 0.3 is 0 Å². The number of hydrogen-bond acceptors (Lipinski definition) is 5. The zero-order chi connectivity index (χ0) is 11.1. The average Bonchev–Trinajstić information content (AvgIpc) is 2.86. The Hall–Kier alpha value is -1.69. The normalized spacial score (nSPS) is 17.6. The van der Waals surface area contributed by atoms with E-state index in [-0.39, 0.29) is 6.04 Å². The van der Waals surface area contributed by atoms with Crippen molar-refractivity contribution in [2.45, 2.75) is 24.8 Å². The van der Waals surface area contributed by atoms with E-state index in [1.807, 2.05) is 13.2 Å². The number of aryl methyl sites for hydroxylation is 1. The van der Waals surface area contributed by atoms with Crippen molar-refractivity contribution in [2.75, 3.05) is 0 Å². The quantitative estimate of drug-likeness (QED) is 0.822. The van der Waals surface area contributed by atoms with Crippen molar-refractivity contribution in [1.29, 1.82) is 0 Å². The van der Waals surface area contributed by atoms with Crippen LogP contribution in [0.4, 0.5) is 0 Å². The summed E-state index contributed by atoms with van der Waals surface area (Å²) in [5.41, 5.74) is 6.90. The van der Waals surface area contributed by atoms with Gasteiger partial charge in [-0.15, -0.1) is 0 Å². The molecule has 1 unspecified atom stereocenters. The molecule has 6 nitrogen and oxygen atoms in total. The average molecular weight is 219 g/mol. The highest BCUT2D eigenvalue weighted by Crippen LogP contribution is 2.38. The molecule has 84 valence electrons. The molecule has 3 rings (SSSR count). The third-order valence-electron chi connectivity index (χ3n) is 2.75. The van der Waals surface area contributed by atoms with E-state index < -0.39 is 0 Å². The topological polar surface area (TPSA) is 82.8 Å². The molecule has 1 aliphatic carbocycles. The first-order valence-corrected chi connectivity index (χ1v) is 5.31. The van der Waals surface area contributed by atoms with Crippen molar-refractivity contribution in [3.05, 3.63) is 29.7 Å². The predicted octanol–water partition coefficient (Wildman–Crippen LogP) is 0.729. The minimum atomic E-state index is -0.381. The number of nitrogens with two attached hydrogens (primary N) is 1. The van der Waals surface area contributed by atoms with Gasteiger partial charge in [0.2, 0.25) is 5.89 Å². The van der Waals surface area contributed by atoms with E-state index in [1.54, 1.807) is 10.9 Å². The molecule has 0 saturated heterocycles. The fourth-order valence-electron chi connectivity index (χ4n) is 1.62. The van der Waals surface area contributed by atoms with Crippen molar-refractivity contribution >= 4 is 0 Å². The zero-order valence-corrected chi connectivity index (χ0v) is 9.00. The van der Waals surface area contributed by atoms with Crippen LogP contribution in [0.1, 0.15) is 42.1 Å². The van der Waals surface area contributed by atoms with Gasteiger partial charge in [-0.2, -0.15) is 10.1 Å². The van der Waals surface area contributed by atoms with Gasteiger partial charge in [0.05, 0.1) is 6.20 Å². The third kappa shape index (κ3) is 1.61. The Balaban J connectivity index is 1.84. The van der Waals surface area contributed by atoms with E-state index >= 15 is 0 Å². The van der Waals surface area contributed by atoms with E-state index in [4.69, 9.17) is 10.3 Å². The van der Waals surface area contributed by atoms with Crippen molar-refractivity contribution in [3.63, 3.8) is 0 Å². The van der Waals surface area contributed by atoms with Crippen molar-refractivity contribution < 1.29 is 4.52 Å². The lowest BCUT2D eigenvalue weighted by molar-refractivity contribution is 0.362. The molecule has 2 N–H and O–H groups in total. The number of aromatic nitrogens is 4. The monoisotopic (exact) mass is 219 g/mol. The molecular formula is C10H13N5O. The maximum atomic E-state index is 6.01. The van der Waals surface area contributed by atoms with Crippen LogP contribution in [0.2, 0.25) is 0 Å². The highest BCUT2D eigenvalue weighted by molar-refractivity contribution is 5.17. The van der Waals surface area contributed by atoms with E-state index in [0.29, 0.717) is 11.8 Å². The molecule has 1 aliphatic rings. The Kier molecular flexibility index (Phi) is 2.03. The first kappa shape index (κ1) is 9.53. The van der Waals surface area contributed by atoms with Crippen molar-refractivity contribution in [3.8, 4) is 0 Å². The minimum absolute atomic E-state index is 0.381. The molecule has 0 radical (unpaired) electrons. The maximum Gasteiger partial charge on any atom is 0.248 e. The smallest absolute Gasteiger partial charge is 0.248 e. The van der Waals surface area contributed by atoms with Gasteiger partial charge in [0.1, 0.15) is 6.04 Å². The number of nitrogens with zero attached hydrogens (tertiary/aromatic N) is 4. The third-order valence-corrected chi connectivity index (χ3v) is 2.75. The summed E-state index contributed by atoms with van der Waals surface area (Å²) in [6, 6.07) is -0.381. The number of hydrogen-bond donors (Lipinski definition) is 1. The highest BCUT2D eigenvalue weighted by atomic mass is 16.5. The molecule has 1 atom stereocenters. The van der Waals surface area contributed by atoms with Gasteiger partial charge < -0.3 is 10.3 Å². The van der Waals surface area contributed by atoms with Crippen LogP contribution >= 0.6 is 0 Å². The summed E-state index contributed by atoms with van der Waals surface area (Å²) in [5.74, 6) is 1.74. The van der Waals surface area contributed by atoms with Gasteiger partial charge in [-0.3, -0.25) is 4.68 Å². The summed E-state index contributed by atoms with van der Waals surface area (Å²) in [6.07, 6.45) is 5.87. The van der Waals surface area contributed by atoms with Crippen LogP contribution in [0, 0.1) is 0 Å². The molecule has 2 aromatic rings. The lowest BCUT2D eigenvalue weighted by Gasteiger charge is -2.01. The predicted molar refractivity (Wildman–Crippen MR) is 55.5 cm³/mol. The second kappa shape index (κ2) is 3.41. The Morgan fingerprint density at radius 3 is 3.00 bits per heavy atom. The summed E-state index contributed by atoms with van der Waals surface area (Å²) in [7, 11) is 1.85. The molecule has 0 aromatic carbocycles. The summed E-state index contributed by atoms with van der Waals surface area (Å²) >= 11 is 0. The van der Waals surface area contributed by atoms with E-state index in [0.717, 1.165) is 24.2 Å². The van der Waals surface area contributed by atoms with Crippen LogP contribution in [-0.2, 0) is 7.05 Å². The molecule has 16 heavy (non-hydrogen) atoms. The summed E-state index contributed by atoms with van der Waals surface area (Å²) < 4.78 is 6.87.